The van der Waals surface area contributed by atoms with Gasteiger partial charge < -0.3 is 19.9 Å². The third-order valence-corrected chi connectivity index (χ3v) is 13.9. The molecule has 3 N–H and O–H groups in total. The first-order valence-electron chi connectivity index (χ1n) is 21.3. The molecular formula is C52H42Cl2N4O7. The van der Waals surface area contributed by atoms with Gasteiger partial charge in [-0.1, -0.05) is 102 Å². The van der Waals surface area contributed by atoms with E-state index >= 15 is 9.59 Å². The van der Waals surface area contributed by atoms with Gasteiger partial charge in [0.1, 0.15) is 23.9 Å². The lowest BCUT2D eigenvalue weighted by Crippen LogP contribution is -2.53. The fourth-order valence-electron chi connectivity index (χ4n) is 10.4. The van der Waals surface area contributed by atoms with Crippen molar-refractivity contribution in [3.8, 4) is 17.2 Å². The number of phenolic OH excluding ortho intramolecular Hbond substituents is 1. The Kier molecular flexibility index (Phi) is 10.8. The van der Waals surface area contributed by atoms with Crippen molar-refractivity contribution in [2.75, 3.05) is 22.8 Å². The highest BCUT2D eigenvalue weighted by atomic mass is 35.5. The molecule has 65 heavy (non-hydrogen) atoms. The van der Waals surface area contributed by atoms with E-state index in [0.717, 1.165) is 21.9 Å². The van der Waals surface area contributed by atoms with E-state index in [4.69, 9.17) is 32.7 Å². The van der Waals surface area contributed by atoms with Gasteiger partial charge in [0.2, 0.25) is 11.8 Å². The highest BCUT2D eigenvalue weighted by Crippen LogP contribution is 2.65. The van der Waals surface area contributed by atoms with Gasteiger partial charge in [-0.05, 0) is 103 Å². The minimum absolute atomic E-state index is 0.0540. The summed E-state index contributed by atoms with van der Waals surface area (Å²) in [4.78, 5) is 61.5. The number of amides is 4. The zero-order valence-electron chi connectivity index (χ0n) is 35.0. The van der Waals surface area contributed by atoms with Gasteiger partial charge in [-0.25, -0.2) is 0 Å². The molecule has 2 aliphatic heterocycles. The minimum Gasteiger partial charge on any atom is -0.508 e. The Hall–Kier alpha value is -7.08. The van der Waals surface area contributed by atoms with Gasteiger partial charge in [0, 0.05) is 33.9 Å². The molecule has 10 rings (SSSR count). The summed E-state index contributed by atoms with van der Waals surface area (Å²) in [5.41, 5.74) is 6.20. The van der Waals surface area contributed by atoms with E-state index in [-0.39, 0.29) is 47.7 Å². The number of para-hydroxylation sites is 1. The maximum Gasteiger partial charge on any atom is 0.260 e. The van der Waals surface area contributed by atoms with Crippen LogP contribution in [0.3, 0.4) is 0 Å². The fourth-order valence-corrected chi connectivity index (χ4v) is 10.9. The van der Waals surface area contributed by atoms with Crippen LogP contribution in [0, 0.1) is 23.7 Å². The third kappa shape index (κ3) is 7.15. The number of rotatable bonds is 11. The van der Waals surface area contributed by atoms with E-state index in [0.29, 0.717) is 38.9 Å². The molecule has 2 saturated heterocycles. The monoisotopic (exact) mass is 904 g/mol. The lowest BCUT2D eigenvalue weighted by atomic mass is 9.49. The fraction of sp³-hybridized carbons (Fsp3) is 0.192. The number of imide groups is 2. The first-order chi connectivity index (χ1) is 31.6. The SMILES string of the molecule is COc1ccc([C@@]23C(=O)N(Nc4ccc(Cl)cc4Cl)C(=O)[C@@H]2C[C@@H]2C(=CC[C@@H]4C(=O)N(c5ccc(Nc6ccccc6)cc5)C(=O)[C@@H]42)[C@@H]3c2ccc(OCc3ccccc3)cc2O)cc1. The molecule has 0 bridgehead atoms. The van der Waals surface area contributed by atoms with Crippen molar-refractivity contribution in [1.29, 1.82) is 0 Å². The second-order valence-electron chi connectivity index (χ2n) is 16.8. The second kappa shape index (κ2) is 16.8. The molecule has 2 aliphatic carbocycles. The Morgan fingerprint density at radius 1 is 0.738 bits per heavy atom. The Morgan fingerprint density at radius 3 is 2.12 bits per heavy atom. The number of carbonyl (C=O) groups is 4. The molecule has 4 aliphatic rings. The average Bonchev–Trinajstić information content (AvgIpc) is 3.70. The first kappa shape index (κ1) is 41.9. The van der Waals surface area contributed by atoms with E-state index in [1.54, 1.807) is 60.7 Å². The smallest absolute Gasteiger partial charge is 0.260 e. The van der Waals surface area contributed by atoms with E-state index in [1.807, 2.05) is 78.9 Å². The number of fused-ring (bicyclic) bond motifs is 4. The number of ether oxygens (including phenoxy) is 2. The van der Waals surface area contributed by atoms with Crippen LogP contribution >= 0.6 is 23.2 Å². The van der Waals surface area contributed by atoms with Gasteiger partial charge in [-0.3, -0.25) is 29.5 Å². The van der Waals surface area contributed by atoms with Crippen molar-refractivity contribution in [3.63, 3.8) is 0 Å². The van der Waals surface area contributed by atoms with E-state index in [1.165, 1.54) is 24.1 Å². The summed E-state index contributed by atoms with van der Waals surface area (Å²) in [6.45, 7) is 0.247. The van der Waals surface area contributed by atoms with Crippen LogP contribution in [-0.2, 0) is 31.2 Å². The number of hydrazine groups is 1. The molecule has 13 heteroatoms. The van der Waals surface area contributed by atoms with E-state index in [2.05, 4.69) is 10.7 Å². The van der Waals surface area contributed by atoms with Gasteiger partial charge in [0.25, 0.3) is 11.8 Å². The number of aromatic hydroxyl groups is 1. The summed E-state index contributed by atoms with van der Waals surface area (Å²) < 4.78 is 11.6. The molecule has 0 unspecified atom stereocenters. The van der Waals surface area contributed by atoms with Crippen LogP contribution in [-0.4, -0.2) is 40.9 Å². The zero-order chi connectivity index (χ0) is 45.0. The number of anilines is 4. The highest BCUT2D eigenvalue weighted by molar-refractivity contribution is 6.36. The molecule has 11 nitrogen and oxygen atoms in total. The van der Waals surface area contributed by atoms with E-state index in [9.17, 15) is 14.7 Å². The Balaban J connectivity index is 1.09. The molecule has 0 spiro atoms. The number of allylic oxidation sites excluding steroid dienone is 2. The quantitative estimate of drug-likeness (QED) is 0.0857. The van der Waals surface area contributed by atoms with Gasteiger partial charge in [0.05, 0.1) is 46.7 Å². The number of nitrogens with one attached hydrogen (secondary N) is 2. The summed E-state index contributed by atoms with van der Waals surface area (Å²) in [6.07, 6.45) is 2.20. The predicted octanol–water partition coefficient (Wildman–Crippen LogP) is 10.2. The topological polar surface area (TPSA) is 138 Å². The van der Waals surface area contributed by atoms with Crippen LogP contribution in [0.4, 0.5) is 22.7 Å². The molecule has 6 aromatic carbocycles. The lowest BCUT2D eigenvalue weighted by Gasteiger charge is -2.50. The summed E-state index contributed by atoms with van der Waals surface area (Å²) in [5.74, 6) is -5.41. The number of halogens is 2. The van der Waals surface area contributed by atoms with Crippen molar-refractivity contribution in [2.45, 2.75) is 30.8 Å². The average molecular weight is 906 g/mol. The number of benzene rings is 6. The van der Waals surface area contributed by atoms with Crippen LogP contribution < -0.4 is 25.1 Å². The van der Waals surface area contributed by atoms with Crippen molar-refractivity contribution < 1.29 is 33.8 Å². The Labute approximate surface area is 385 Å². The molecular weight excluding hydrogens is 863 g/mol. The largest absolute Gasteiger partial charge is 0.508 e. The highest BCUT2D eigenvalue weighted by Gasteiger charge is 2.70. The van der Waals surface area contributed by atoms with Gasteiger partial charge >= 0.3 is 0 Å². The first-order valence-corrected chi connectivity index (χ1v) is 22.1. The number of phenols is 1. The summed E-state index contributed by atoms with van der Waals surface area (Å²) in [7, 11) is 1.54. The van der Waals surface area contributed by atoms with Crippen LogP contribution in [0.5, 0.6) is 17.2 Å². The number of methoxy groups -OCH3 is 1. The minimum atomic E-state index is -1.67. The molecule has 4 amide bonds. The molecule has 0 radical (unpaired) electrons. The molecule has 1 saturated carbocycles. The molecule has 6 atom stereocenters. The van der Waals surface area contributed by atoms with Crippen LogP contribution in [0.15, 0.2) is 157 Å². The molecule has 3 fully saturated rings. The van der Waals surface area contributed by atoms with Gasteiger partial charge in [0.15, 0.2) is 0 Å². The van der Waals surface area contributed by atoms with Crippen LogP contribution in [0.25, 0.3) is 0 Å². The predicted molar refractivity (Wildman–Crippen MR) is 248 cm³/mol. The van der Waals surface area contributed by atoms with Crippen LogP contribution in [0.2, 0.25) is 10.0 Å². The maximum atomic E-state index is 15.7. The van der Waals surface area contributed by atoms with Crippen molar-refractivity contribution in [1.82, 2.24) is 5.01 Å². The van der Waals surface area contributed by atoms with Crippen LogP contribution in [0.1, 0.15) is 35.4 Å². The second-order valence-corrected chi connectivity index (χ2v) is 17.6. The Bertz CT molecular complexity index is 2880. The number of hydrogen-bond acceptors (Lipinski definition) is 9. The van der Waals surface area contributed by atoms with Gasteiger partial charge in [-0.15, -0.1) is 0 Å². The number of hydrogen-bond donors (Lipinski definition) is 3. The molecule has 0 aromatic heterocycles. The molecule has 326 valence electrons. The third-order valence-electron chi connectivity index (χ3n) is 13.3. The van der Waals surface area contributed by atoms with E-state index < -0.39 is 46.8 Å². The number of nitrogens with zero attached hydrogens (tertiary/aromatic N) is 2. The Morgan fingerprint density at radius 2 is 1.43 bits per heavy atom. The van der Waals surface area contributed by atoms with Crippen molar-refractivity contribution >= 4 is 69.6 Å². The van der Waals surface area contributed by atoms with Crippen molar-refractivity contribution in [2.24, 2.45) is 23.7 Å². The molecule has 2 heterocycles. The number of carbonyl (C=O) groups excluding carboxylic acids is 4. The molecule has 6 aromatic rings. The zero-order valence-corrected chi connectivity index (χ0v) is 36.5. The summed E-state index contributed by atoms with van der Waals surface area (Å²) >= 11 is 12.9. The van der Waals surface area contributed by atoms with Crippen molar-refractivity contribution in [3.05, 3.63) is 184 Å². The maximum absolute atomic E-state index is 15.7. The normalized spacial score (nSPS) is 23.4. The lowest BCUT2D eigenvalue weighted by molar-refractivity contribution is -0.138. The standard InChI is InChI=1S/C52H42Cl2N4O7/c1-64-36-19-12-31(13-20-36)52-42(49(61)58(51(52)63)56-44-25-14-32(53)26-43(44)54)28-41-38(47(52)39-22-21-37(27-45(39)59)65-29-30-8-4-2-5-9-30)23-24-40-46(41)50(62)57(48(40)60)35-17-15-34(16-18-35)55-33-10-6-3-7-11-33/h2-23,25-27,40-42,46-47,55-56,59H,24,28-29H2,1H3/t40-,41+,42-,46-,47+,52+/m0/s1. The van der Waals surface area contributed by atoms with Gasteiger partial charge in [-0.2, -0.15) is 5.01 Å². The summed E-state index contributed by atoms with van der Waals surface area (Å²) in [5, 5.41) is 17.1. The summed E-state index contributed by atoms with van der Waals surface area (Å²) in [6, 6.07) is 43.1.